The summed E-state index contributed by atoms with van der Waals surface area (Å²) >= 11 is 0. The smallest absolute Gasteiger partial charge is 0.243 e. The van der Waals surface area contributed by atoms with Crippen LogP contribution in [0.3, 0.4) is 0 Å². The molecule has 2 saturated heterocycles. The Labute approximate surface area is 161 Å². The van der Waals surface area contributed by atoms with Crippen LogP contribution in [-0.4, -0.2) is 75.4 Å². The molecule has 2 fully saturated rings. The van der Waals surface area contributed by atoms with Crippen molar-refractivity contribution in [3.63, 3.8) is 0 Å². The van der Waals surface area contributed by atoms with Crippen LogP contribution in [0, 0.1) is 0 Å². The summed E-state index contributed by atoms with van der Waals surface area (Å²) in [6, 6.07) is 7.73. The molecule has 1 amide bonds. The third-order valence-corrected chi connectivity index (χ3v) is 6.72. The Morgan fingerprint density at radius 2 is 1.85 bits per heavy atom. The molecule has 0 radical (unpaired) electrons. The summed E-state index contributed by atoms with van der Waals surface area (Å²) in [7, 11) is -3.62. The summed E-state index contributed by atoms with van der Waals surface area (Å²) in [6.07, 6.45) is 1.29. The number of hydrogen-bond donors (Lipinski definition) is 2. The molecule has 146 valence electrons. The van der Waals surface area contributed by atoms with E-state index in [9.17, 15) is 13.2 Å². The molecule has 1 unspecified atom stereocenters. The zero-order valence-corrected chi connectivity index (χ0v) is 16.4. The first-order valence-electron chi connectivity index (χ1n) is 8.87. The van der Waals surface area contributed by atoms with E-state index < -0.39 is 16.1 Å². The Bertz CT molecular complexity index is 681. The lowest BCUT2D eigenvalue weighted by Gasteiger charge is -2.28. The van der Waals surface area contributed by atoms with Crippen molar-refractivity contribution >= 4 is 28.3 Å². The zero-order chi connectivity index (χ0) is 17.7. The number of hydrogen-bond acceptors (Lipinski definition) is 5. The molecule has 26 heavy (non-hydrogen) atoms. The number of nitrogens with zero attached hydrogens (tertiary/aromatic N) is 2. The van der Waals surface area contributed by atoms with Gasteiger partial charge in [0.1, 0.15) is 6.04 Å². The monoisotopic (exact) mass is 402 g/mol. The zero-order valence-electron chi connectivity index (χ0n) is 14.8. The summed E-state index contributed by atoms with van der Waals surface area (Å²) in [5.41, 5.74) is 0. The van der Waals surface area contributed by atoms with Crippen LogP contribution >= 0.6 is 12.4 Å². The fraction of sp³-hybridized carbons (Fsp3) is 0.588. The van der Waals surface area contributed by atoms with Crippen LogP contribution in [0.4, 0.5) is 0 Å². The average molecular weight is 403 g/mol. The first-order valence-corrected chi connectivity index (χ1v) is 10.3. The Kier molecular flexibility index (Phi) is 7.85. The van der Waals surface area contributed by atoms with Gasteiger partial charge in [-0.2, -0.15) is 4.31 Å². The highest BCUT2D eigenvalue weighted by atomic mass is 35.5. The maximum absolute atomic E-state index is 12.8. The second-order valence-corrected chi connectivity index (χ2v) is 8.36. The van der Waals surface area contributed by atoms with Crippen molar-refractivity contribution in [3.8, 4) is 0 Å². The van der Waals surface area contributed by atoms with Crippen LogP contribution in [0.2, 0.25) is 0 Å². The van der Waals surface area contributed by atoms with Crippen LogP contribution in [0.1, 0.15) is 12.8 Å². The highest BCUT2D eigenvalue weighted by Gasteiger charge is 2.39. The number of carbonyl (C=O) groups excluding carboxylic acids is 1. The molecule has 0 aliphatic carbocycles. The molecule has 2 aliphatic heterocycles. The third kappa shape index (κ3) is 4.95. The van der Waals surface area contributed by atoms with E-state index in [1.165, 1.54) is 4.31 Å². The van der Waals surface area contributed by atoms with Gasteiger partial charge in [0.2, 0.25) is 15.9 Å². The van der Waals surface area contributed by atoms with Gasteiger partial charge >= 0.3 is 0 Å². The van der Waals surface area contributed by atoms with E-state index in [2.05, 4.69) is 15.5 Å². The minimum absolute atomic E-state index is 0. The van der Waals surface area contributed by atoms with Gasteiger partial charge in [-0.3, -0.25) is 9.69 Å². The first-order chi connectivity index (χ1) is 12.1. The summed E-state index contributed by atoms with van der Waals surface area (Å²) in [6.45, 7) is 5.65. The van der Waals surface area contributed by atoms with E-state index in [-0.39, 0.29) is 23.2 Å². The number of piperazine rings is 1. The Morgan fingerprint density at radius 3 is 2.54 bits per heavy atom. The maximum atomic E-state index is 12.8. The van der Waals surface area contributed by atoms with Crippen molar-refractivity contribution in [1.29, 1.82) is 0 Å². The molecule has 0 bridgehead atoms. The molecule has 0 saturated carbocycles. The number of amides is 1. The van der Waals surface area contributed by atoms with E-state index in [1.807, 2.05) is 0 Å². The van der Waals surface area contributed by atoms with Crippen LogP contribution in [-0.2, 0) is 14.8 Å². The molecule has 1 aromatic rings. The van der Waals surface area contributed by atoms with Gasteiger partial charge in [-0.1, -0.05) is 18.2 Å². The third-order valence-electron chi connectivity index (χ3n) is 4.79. The fourth-order valence-electron chi connectivity index (χ4n) is 3.41. The van der Waals surface area contributed by atoms with Crippen molar-refractivity contribution in [1.82, 2.24) is 19.8 Å². The molecule has 9 heteroatoms. The van der Waals surface area contributed by atoms with Crippen LogP contribution < -0.4 is 10.6 Å². The van der Waals surface area contributed by atoms with E-state index in [0.717, 1.165) is 32.7 Å². The molecule has 2 heterocycles. The lowest BCUT2D eigenvalue weighted by Crippen LogP contribution is -2.49. The molecule has 3 rings (SSSR count). The highest BCUT2D eigenvalue weighted by Crippen LogP contribution is 2.26. The second-order valence-electron chi connectivity index (χ2n) is 6.47. The Hall–Kier alpha value is -1.19. The van der Waals surface area contributed by atoms with E-state index in [0.29, 0.717) is 25.9 Å². The Balaban J connectivity index is 0.00000243. The number of halogens is 1. The molecular formula is C17H27ClN4O3S. The lowest BCUT2D eigenvalue weighted by molar-refractivity contribution is -0.124. The molecule has 1 atom stereocenters. The second kappa shape index (κ2) is 9.66. The molecule has 1 aromatic carbocycles. The summed E-state index contributed by atoms with van der Waals surface area (Å²) in [4.78, 5) is 15.1. The van der Waals surface area contributed by atoms with E-state index >= 15 is 0 Å². The quantitative estimate of drug-likeness (QED) is 0.714. The van der Waals surface area contributed by atoms with Gasteiger partial charge in [-0.15, -0.1) is 12.4 Å². The van der Waals surface area contributed by atoms with E-state index in [4.69, 9.17) is 0 Å². The molecule has 0 aromatic heterocycles. The number of benzene rings is 1. The Morgan fingerprint density at radius 1 is 1.15 bits per heavy atom. The topological polar surface area (TPSA) is 81.8 Å². The van der Waals surface area contributed by atoms with Crippen LogP contribution in [0.15, 0.2) is 35.2 Å². The van der Waals surface area contributed by atoms with Crippen molar-refractivity contribution in [2.24, 2.45) is 0 Å². The molecule has 2 aliphatic rings. The number of rotatable bonds is 6. The van der Waals surface area contributed by atoms with Crippen LogP contribution in [0.25, 0.3) is 0 Å². The first kappa shape index (κ1) is 21.1. The molecule has 2 N–H and O–H groups in total. The fourth-order valence-corrected chi connectivity index (χ4v) is 5.08. The normalized spacial score (nSPS) is 21.9. The van der Waals surface area contributed by atoms with Gasteiger partial charge in [0.05, 0.1) is 4.90 Å². The number of carbonyl (C=O) groups is 1. The predicted octanol–water partition coefficient (Wildman–Crippen LogP) is 0.283. The van der Waals surface area contributed by atoms with Crippen molar-refractivity contribution < 1.29 is 13.2 Å². The highest BCUT2D eigenvalue weighted by molar-refractivity contribution is 7.89. The summed E-state index contributed by atoms with van der Waals surface area (Å²) < 4.78 is 27.0. The standard InChI is InChI=1S/C17H26N4O3S.ClH/c22-17(19-10-14-20-12-8-18-9-13-20)16-7-4-11-21(16)25(23,24)15-5-2-1-3-6-15;/h1-3,5-6,16,18H,4,7-14H2,(H,19,22);1H. The predicted molar refractivity (Wildman–Crippen MR) is 103 cm³/mol. The van der Waals surface area contributed by atoms with Crippen LogP contribution in [0.5, 0.6) is 0 Å². The van der Waals surface area contributed by atoms with Gasteiger partial charge in [0.25, 0.3) is 0 Å². The molecule has 0 spiro atoms. The van der Waals surface area contributed by atoms with Gasteiger partial charge in [-0.25, -0.2) is 8.42 Å². The lowest BCUT2D eigenvalue weighted by atomic mass is 10.2. The van der Waals surface area contributed by atoms with Gasteiger partial charge in [0.15, 0.2) is 0 Å². The largest absolute Gasteiger partial charge is 0.353 e. The van der Waals surface area contributed by atoms with Gasteiger partial charge in [-0.05, 0) is 25.0 Å². The number of sulfonamides is 1. The number of nitrogens with one attached hydrogen (secondary N) is 2. The average Bonchev–Trinajstić information content (AvgIpc) is 3.14. The minimum Gasteiger partial charge on any atom is -0.353 e. The molecule has 7 nitrogen and oxygen atoms in total. The van der Waals surface area contributed by atoms with Crippen molar-refractivity contribution in [2.75, 3.05) is 45.8 Å². The van der Waals surface area contributed by atoms with Gasteiger partial charge < -0.3 is 10.6 Å². The van der Waals surface area contributed by atoms with Crippen molar-refractivity contribution in [3.05, 3.63) is 30.3 Å². The van der Waals surface area contributed by atoms with Crippen molar-refractivity contribution in [2.45, 2.75) is 23.8 Å². The minimum atomic E-state index is -3.62. The summed E-state index contributed by atoms with van der Waals surface area (Å²) in [5.74, 6) is -0.188. The molecular weight excluding hydrogens is 376 g/mol. The van der Waals surface area contributed by atoms with E-state index in [1.54, 1.807) is 30.3 Å². The summed E-state index contributed by atoms with van der Waals surface area (Å²) in [5, 5.41) is 6.21. The maximum Gasteiger partial charge on any atom is 0.243 e. The van der Waals surface area contributed by atoms with Gasteiger partial charge in [0, 0.05) is 45.8 Å². The SMILES string of the molecule is Cl.O=C(NCCN1CCNCC1)C1CCCN1S(=O)(=O)c1ccccc1.